The number of ether oxygens (including phenoxy) is 1. The fourth-order valence-corrected chi connectivity index (χ4v) is 1.26. The van der Waals surface area contributed by atoms with E-state index in [-0.39, 0.29) is 5.69 Å². The molecule has 2 aromatic rings. The largest absolute Gasteiger partial charge is 0.464 e. The van der Waals surface area contributed by atoms with Crippen LogP contribution in [0, 0.1) is 0 Å². The Morgan fingerprint density at radius 2 is 2.31 bits per heavy atom. The first-order valence-electron chi connectivity index (χ1n) is 4.57. The molecule has 6 heteroatoms. The normalized spacial score (nSPS) is 10.1. The van der Waals surface area contributed by atoms with Gasteiger partial charge in [-0.3, -0.25) is 0 Å². The van der Waals surface area contributed by atoms with Crippen molar-refractivity contribution >= 4 is 11.7 Å². The topological polar surface area (TPSA) is 83.0 Å². The van der Waals surface area contributed by atoms with Crippen molar-refractivity contribution in [1.82, 2.24) is 15.0 Å². The van der Waals surface area contributed by atoms with Crippen molar-refractivity contribution in [3.05, 3.63) is 36.2 Å². The number of nitrogens with two attached hydrogens (primary N) is 1. The Balaban J connectivity index is 2.35. The van der Waals surface area contributed by atoms with Crippen LogP contribution in [0.5, 0.6) is 0 Å². The van der Waals surface area contributed by atoms with Crippen molar-refractivity contribution in [1.29, 1.82) is 0 Å². The zero-order valence-corrected chi connectivity index (χ0v) is 8.62. The molecule has 2 rings (SSSR count). The highest BCUT2D eigenvalue weighted by atomic mass is 16.5. The van der Waals surface area contributed by atoms with Gasteiger partial charge in [0.05, 0.1) is 19.0 Å². The molecule has 0 amide bonds. The predicted octanol–water partition coefficient (Wildman–Crippen LogP) is 0.636. The van der Waals surface area contributed by atoms with Gasteiger partial charge in [-0.05, 0) is 18.2 Å². The summed E-state index contributed by atoms with van der Waals surface area (Å²) in [7, 11) is 1.29. The zero-order valence-electron chi connectivity index (χ0n) is 8.62. The second kappa shape index (κ2) is 4.01. The van der Waals surface area contributed by atoms with E-state index in [0.717, 1.165) is 5.69 Å². The summed E-state index contributed by atoms with van der Waals surface area (Å²) in [5.74, 6) is -0.518. The highest BCUT2D eigenvalue weighted by Gasteiger charge is 2.11. The van der Waals surface area contributed by atoms with Gasteiger partial charge in [-0.25, -0.2) is 9.48 Å². The van der Waals surface area contributed by atoms with Gasteiger partial charge in [-0.2, -0.15) is 0 Å². The van der Waals surface area contributed by atoms with E-state index in [1.54, 1.807) is 18.2 Å². The molecule has 0 radical (unpaired) electrons. The summed E-state index contributed by atoms with van der Waals surface area (Å²) >= 11 is 0. The molecule has 16 heavy (non-hydrogen) atoms. The molecule has 82 valence electrons. The Morgan fingerprint density at radius 3 is 3.00 bits per heavy atom. The van der Waals surface area contributed by atoms with E-state index in [1.165, 1.54) is 18.0 Å². The lowest BCUT2D eigenvalue weighted by molar-refractivity contribution is 0.0594. The van der Waals surface area contributed by atoms with Crippen LogP contribution < -0.4 is 5.73 Å². The zero-order chi connectivity index (χ0) is 11.5. The minimum absolute atomic E-state index is 0.157. The summed E-state index contributed by atoms with van der Waals surface area (Å²) in [5.41, 5.74) is 7.15. The maximum absolute atomic E-state index is 11.2. The third-order valence-corrected chi connectivity index (χ3v) is 2.02. The number of benzene rings is 1. The third kappa shape index (κ3) is 1.85. The molecule has 0 bridgehead atoms. The van der Waals surface area contributed by atoms with Crippen LogP contribution >= 0.6 is 0 Å². The fourth-order valence-electron chi connectivity index (χ4n) is 1.26. The molecule has 0 aliphatic rings. The Bertz CT molecular complexity index is 521. The average Bonchev–Trinajstić information content (AvgIpc) is 2.77. The molecule has 6 nitrogen and oxygen atoms in total. The molecular weight excluding hydrogens is 208 g/mol. The number of nitrogen functional groups attached to an aromatic ring is 1. The van der Waals surface area contributed by atoms with Gasteiger partial charge in [0.1, 0.15) is 0 Å². The van der Waals surface area contributed by atoms with Crippen LogP contribution in [0.1, 0.15) is 10.5 Å². The van der Waals surface area contributed by atoms with Gasteiger partial charge in [0, 0.05) is 5.69 Å². The van der Waals surface area contributed by atoms with E-state index in [9.17, 15) is 4.79 Å². The minimum Gasteiger partial charge on any atom is -0.464 e. The van der Waals surface area contributed by atoms with Crippen LogP contribution in [0.4, 0.5) is 5.69 Å². The second-order valence-electron chi connectivity index (χ2n) is 3.13. The Kier molecular flexibility index (Phi) is 2.55. The Hall–Kier alpha value is -2.37. The number of carbonyl (C=O) groups excluding carboxylic acids is 1. The minimum atomic E-state index is -0.518. The standard InChI is InChI=1S/C10H10N4O2/c1-16-10(15)9-6-14(13-12-9)8-4-2-3-7(11)5-8/h2-6H,11H2,1H3. The number of rotatable bonds is 2. The highest BCUT2D eigenvalue weighted by Crippen LogP contribution is 2.11. The third-order valence-electron chi connectivity index (χ3n) is 2.02. The van der Waals surface area contributed by atoms with Gasteiger partial charge < -0.3 is 10.5 Å². The number of nitrogens with zero attached hydrogens (tertiary/aromatic N) is 3. The van der Waals surface area contributed by atoms with Crippen LogP contribution in [0.3, 0.4) is 0 Å². The molecule has 0 aliphatic carbocycles. The fraction of sp³-hybridized carbons (Fsp3) is 0.100. The van der Waals surface area contributed by atoms with E-state index >= 15 is 0 Å². The van der Waals surface area contributed by atoms with E-state index in [0.29, 0.717) is 5.69 Å². The molecule has 0 atom stereocenters. The molecule has 1 aromatic heterocycles. The molecule has 0 saturated carbocycles. The summed E-state index contributed by atoms with van der Waals surface area (Å²) in [6.07, 6.45) is 1.49. The average molecular weight is 218 g/mol. The van der Waals surface area contributed by atoms with Gasteiger partial charge in [-0.15, -0.1) is 5.10 Å². The molecule has 0 saturated heterocycles. The van der Waals surface area contributed by atoms with Crippen molar-refractivity contribution in [2.75, 3.05) is 12.8 Å². The summed E-state index contributed by atoms with van der Waals surface area (Å²) in [5, 5.41) is 7.50. The molecule has 1 heterocycles. The number of methoxy groups -OCH3 is 1. The highest BCUT2D eigenvalue weighted by molar-refractivity contribution is 5.86. The van der Waals surface area contributed by atoms with Crippen molar-refractivity contribution in [2.45, 2.75) is 0 Å². The SMILES string of the molecule is COC(=O)c1cn(-c2cccc(N)c2)nn1. The molecule has 2 N–H and O–H groups in total. The van der Waals surface area contributed by atoms with Crippen LogP contribution in [0.2, 0.25) is 0 Å². The molecule has 0 fully saturated rings. The first-order valence-corrected chi connectivity index (χ1v) is 4.57. The van der Waals surface area contributed by atoms with Crippen molar-refractivity contribution in [3.63, 3.8) is 0 Å². The maximum atomic E-state index is 11.2. The maximum Gasteiger partial charge on any atom is 0.360 e. The number of anilines is 1. The van der Waals surface area contributed by atoms with Crippen LogP contribution in [-0.4, -0.2) is 28.1 Å². The van der Waals surface area contributed by atoms with Gasteiger partial charge in [-0.1, -0.05) is 11.3 Å². The lowest BCUT2D eigenvalue weighted by Crippen LogP contribution is -2.01. The van der Waals surface area contributed by atoms with Crippen molar-refractivity contribution in [3.8, 4) is 5.69 Å². The van der Waals surface area contributed by atoms with Crippen LogP contribution in [-0.2, 0) is 4.74 Å². The Morgan fingerprint density at radius 1 is 1.50 bits per heavy atom. The van der Waals surface area contributed by atoms with E-state index in [4.69, 9.17) is 5.73 Å². The van der Waals surface area contributed by atoms with Gasteiger partial charge in [0.15, 0.2) is 5.69 Å². The predicted molar refractivity (Wildman–Crippen MR) is 57.1 cm³/mol. The molecule has 1 aromatic carbocycles. The molecule has 0 aliphatic heterocycles. The molecule has 0 unspecified atom stereocenters. The number of esters is 1. The monoisotopic (exact) mass is 218 g/mol. The van der Waals surface area contributed by atoms with Crippen LogP contribution in [0.15, 0.2) is 30.5 Å². The smallest absolute Gasteiger partial charge is 0.360 e. The number of aromatic nitrogens is 3. The van der Waals surface area contributed by atoms with E-state index in [2.05, 4.69) is 15.0 Å². The number of hydrogen-bond acceptors (Lipinski definition) is 5. The second-order valence-corrected chi connectivity index (χ2v) is 3.13. The summed E-state index contributed by atoms with van der Waals surface area (Å²) in [6.45, 7) is 0. The Labute approximate surface area is 91.6 Å². The lowest BCUT2D eigenvalue weighted by Gasteiger charge is -1.99. The van der Waals surface area contributed by atoms with Gasteiger partial charge in [0.25, 0.3) is 0 Å². The van der Waals surface area contributed by atoms with E-state index < -0.39 is 5.97 Å². The van der Waals surface area contributed by atoms with Crippen molar-refractivity contribution in [2.24, 2.45) is 0 Å². The molecular formula is C10H10N4O2. The van der Waals surface area contributed by atoms with Gasteiger partial charge in [0.2, 0.25) is 0 Å². The first-order chi connectivity index (χ1) is 7.70. The van der Waals surface area contributed by atoms with Crippen LogP contribution in [0.25, 0.3) is 5.69 Å². The first kappa shape index (κ1) is 10.2. The summed E-state index contributed by atoms with van der Waals surface area (Å²) < 4.78 is 5.99. The molecule has 0 spiro atoms. The number of hydrogen-bond donors (Lipinski definition) is 1. The summed E-state index contributed by atoms with van der Waals surface area (Å²) in [6, 6.07) is 7.10. The van der Waals surface area contributed by atoms with Gasteiger partial charge >= 0.3 is 5.97 Å². The number of carbonyl (C=O) groups is 1. The lowest BCUT2D eigenvalue weighted by atomic mass is 10.3. The quantitative estimate of drug-likeness (QED) is 0.590. The van der Waals surface area contributed by atoms with E-state index in [1.807, 2.05) is 6.07 Å². The van der Waals surface area contributed by atoms with Crippen molar-refractivity contribution < 1.29 is 9.53 Å². The summed E-state index contributed by atoms with van der Waals surface area (Å²) in [4.78, 5) is 11.2.